The summed E-state index contributed by atoms with van der Waals surface area (Å²) in [6.07, 6.45) is -0.150. The number of esters is 1. The van der Waals surface area contributed by atoms with Crippen LogP contribution < -0.4 is 10.5 Å². The van der Waals surface area contributed by atoms with E-state index in [2.05, 4.69) is 9.46 Å². The van der Waals surface area contributed by atoms with Crippen LogP contribution in [0.15, 0.2) is 0 Å². The molecule has 0 aliphatic rings. The Bertz CT molecular complexity index is 275. The predicted molar refractivity (Wildman–Crippen MR) is 52.1 cm³/mol. The van der Waals surface area contributed by atoms with Gasteiger partial charge in [0.25, 0.3) is 0 Å². The molecule has 0 heterocycles. The van der Waals surface area contributed by atoms with E-state index in [9.17, 15) is 13.2 Å². The zero-order valence-electron chi connectivity index (χ0n) is 8.32. The first-order chi connectivity index (χ1) is 6.41. The summed E-state index contributed by atoms with van der Waals surface area (Å²) in [5.41, 5.74) is 5.24. The number of hydrogen-bond donors (Lipinski definition) is 2. The van der Waals surface area contributed by atoms with Crippen LogP contribution in [0.25, 0.3) is 0 Å². The zero-order chi connectivity index (χ0) is 11.2. The first kappa shape index (κ1) is 13.3. The fraction of sp³-hybridized carbons (Fsp3) is 0.857. The molecule has 0 radical (unpaired) electrons. The van der Waals surface area contributed by atoms with Gasteiger partial charge in [-0.1, -0.05) is 0 Å². The van der Waals surface area contributed by atoms with Gasteiger partial charge in [0.05, 0.1) is 19.3 Å². The standard InChI is InChI=1S/C7H16N2O4S/c1-6(5-8)9-14(11,12)4-3-7(10)13-2/h6,9H,3-5,8H2,1-2H3/t6-/m1/s1. The van der Waals surface area contributed by atoms with E-state index in [4.69, 9.17) is 5.73 Å². The van der Waals surface area contributed by atoms with Crippen molar-refractivity contribution in [2.45, 2.75) is 19.4 Å². The molecule has 14 heavy (non-hydrogen) atoms. The van der Waals surface area contributed by atoms with Crippen LogP contribution in [0.1, 0.15) is 13.3 Å². The second-order valence-corrected chi connectivity index (χ2v) is 4.77. The Morgan fingerprint density at radius 3 is 2.57 bits per heavy atom. The van der Waals surface area contributed by atoms with Crippen molar-refractivity contribution >= 4 is 16.0 Å². The van der Waals surface area contributed by atoms with Gasteiger partial charge in [0, 0.05) is 12.6 Å². The van der Waals surface area contributed by atoms with Crippen molar-refractivity contribution in [1.82, 2.24) is 4.72 Å². The largest absolute Gasteiger partial charge is 0.469 e. The highest BCUT2D eigenvalue weighted by molar-refractivity contribution is 7.89. The molecule has 0 saturated carbocycles. The summed E-state index contributed by atoms with van der Waals surface area (Å²) >= 11 is 0. The van der Waals surface area contributed by atoms with Crippen molar-refractivity contribution in [3.8, 4) is 0 Å². The Hall–Kier alpha value is -0.660. The Balaban J connectivity index is 4.02. The topological polar surface area (TPSA) is 98.5 Å². The summed E-state index contributed by atoms with van der Waals surface area (Å²) in [5.74, 6) is -0.819. The number of carbonyl (C=O) groups excluding carboxylic acids is 1. The van der Waals surface area contributed by atoms with Crippen LogP contribution in [0.4, 0.5) is 0 Å². The Morgan fingerprint density at radius 2 is 2.14 bits per heavy atom. The van der Waals surface area contributed by atoms with Gasteiger partial charge in [-0.3, -0.25) is 4.79 Å². The summed E-state index contributed by atoms with van der Waals surface area (Å²) in [6.45, 7) is 1.87. The summed E-state index contributed by atoms with van der Waals surface area (Å²) in [4.78, 5) is 10.7. The Labute approximate surface area is 83.9 Å². The van der Waals surface area contributed by atoms with E-state index in [1.807, 2.05) is 0 Å². The minimum Gasteiger partial charge on any atom is -0.469 e. The van der Waals surface area contributed by atoms with Crippen LogP contribution >= 0.6 is 0 Å². The van der Waals surface area contributed by atoms with E-state index in [1.54, 1.807) is 6.92 Å². The maximum atomic E-state index is 11.2. The monoisotopic (exact) mass is 224 g/mol. The molecule has 6 nitrogen and oxygen atoms in total. The van der Waals surface area contributed by atoms with Crippen molar-refractivity contribution in [2.75, 3.05) is 19.4 Å². The van der Waals surface area contributed by atoms with Gasteiger partial charge >= 0.3 is 5.97 Å². The number of methoxy groups -OCH3 is 1. The molecule has 0 amide bonds. The molecule has 0 aliphatic heterocycles. The average molecular weight is 224 g/mol. The zero-order valence-corrected chi connectivity index (χ0v) is 9.13. The number of ether oxygens (including phenoxy) is 1. The minimum atomic E-state index is -3.43. The van der Waals surface area contributed by atoms with Gasteiger partial charge in [-0.05, 0) is 6.92 Å². The lowest BCUT2D eigenvalue weighted by atomic mass is 10.4. The van der Waals surface area contributed by atoms with Crippen LogP contribution in [0.2, 0.25) is 0 Å². The third-order valence-corrected chi connectivity index (χ3v) is 3.04. The van der Waals surface area contributed by atoms with E-state index in [-0.39, 0.29) is 24.8 Å². The SMILES string of the molecule is COC(=O)CCS(=O)(=O)N[C@H](C)CN. The highest BCUT2D eigenvalue weighted by atomic mass is 32.2. The molecule has 0 bridgehead atoms. The summed E-state index contributed by atoms with van der Waals surface area (Å²) in [6, 6.07) is -0.322. The molecule has 3 N–H and O–H groups in total. The Kier molecular flexibility index (Phi) is 5.66. The lowest BCUT2D eigenvalue weighted by Gasteiger charge is -2.11. The average Bonchev–Trinajstić information content (AvgIpc) is 2.13. The molecular weight excluding hydrogens is 208 g/mol. The highest BCUT2D eigenvalue weighted by Crippen LogP contribution is 1.93. The summed E-state index contributed by atoms with van der Waals surface area (Å²) in [7, 11) is -2.22. The molecule has 7 heteroatoms. The number of sulfonamides is 1. The molecule has 0 aliphatic carbocycles. The first-order valence-corrected chi connectivity index (χ1v) is 5.83. The minimum absolute atomic E-state index is 0.150. The van der Waals surface area contributed by atoms with Gasteiger partial charge in [0.1, 0.15) is 0 Å². The number of hydrogen-bond acceptors (Lipinski definition) is 5. The first-order valence-electron chi connectivity index (χ1n) is 4.18. The molecular formula is C7H16N2O4S. The van der Waals surface area contributed by atoms with Crippen LogP contribution in [-0.4, -0.2) is 39.8 Å². The highest BCUT2D eigenvalue weighted by Gasteiger charge is 2.15. The van der Waals surface area contributed by atoms with E-state index in [0.717, 1.165) is 0 Å². The molecule has 0 unspecified atom stereocenters. The molecule has 0 fully saturated rings. The van der Waals surface area contributed by atoms with Crippen LogP contribution in [0.5, 0.6) is 0 Å². The van der Waals surface area contributed by atoms with Crippen molar-refractivity contribution in [2.24, 2.45) is 5.73 Å². The third kappa shape index (κ3) is 5.90. The van der Waals surface area contributed by atoms with Crippen LogP contribution in [0.3, 0.4) is 0 Å². The quantitative estimate of drug-likeness (QED) is 0.553. The molecule has 0 aromatic rings. The number of nitrogens with two attached hydrogens (primary N) is 1. The second-order valence-electron chi connectivity index (χ2n) is 2.90. The van der Waals surface area contributed by atoms with Crippen molar-refractivity contribution in [3.05, 3.63) is 0 Å². The second kappa shape index (κ2) is 5.94. The fourth-order valence-corrected chi connectivity index (χ4v) is 2.00. The van der Waals surface area contributed by atoms with Crippen LogP contribution in [-0.2, 0) is 19.6 Å². The maximum absolute atomic E-state index is 11.2. The van der Waals surface area contributed by atoms with Gasteiger partial charge in [-0.15, -0.1) is 0 Å². The van der Waals surface area contributed by atoms with E-state index in [1.165, 1.54) is 7.11 Å². The third-order valence-electron chi connectivity index (χ3n) is 1.54. The van der Waals surface area contributed by atoms with Gasteiger partial charge < -0.3 is 10.5 Å². The molecule has 0 aromatic carbocycles. The smallest absolute Gasteiger partial charge is 0.306 e. The molecule has 0 spiro atoms. The Morgan fingerprint density at radius 1 is 1.57 bits per heavy atom. The summed E-state index contributed by atoms with van der Waals surface area (Å²) < 4.78 is 29.1. The number of carbonyl (C=O) groups is 1. The van der Waals surface area contributed by atoms with Gasteiger partial charge in [0.15, 0.2) is 0 Å². The summed E-state index contributed by atoms with van der Waals surface area (Å²) in [5, 5.41) is 0. The van der Waals surface area contributed by atoms with E-state index >= 15 is 0 Å². The molecule has 0 saturated heterocycles. The number of nitrogens with one attached hydrogen (secondary N) is 1. The van der Waals surface area contributed by atoms with Gasteiger partial charge in [-0.25, -0.2) is 13.1 Å². The van der Waals surface area contributed by atoms with E-state index < -0.39 is 16.0 Å². The molecule has 0 aromatic heterocycles. The van der Waals surface area contributed by atoms with Crippen molar-refractivity contribution < 1.29 is 17.9 Å². The van der Waals surface area contributed by atoms with Gasteiger partial charge in [0.2, 0.25) is 10.0 Å². The van der Waals surface area contributed by atoms with Crippen LogP contribution in [0, 0.1) is 0 Å². The van der Waals surface area contributed by atoms with Crippen molar-refractivity contribution in [1.29, 1.82) is 0 Å². The van der Waals surface area contributed by atoms with E-state index in [0.29, 0.717) is 0 Å². The lowest BCUT2D eigenvalue weighted by Crippen LogP contribution is -2.39. The fourth-order valence-electron chi connectivity index (χ4n) is 0.733. The lowest BCUT2D eigenvalue weighted by molar-refractivity contribution is -0.140. The predicted octanol–water partition coefficient (Wildman–Crippen LogP) is -1.18. The molecule has 84 valence electrons. The normalized spacial score (nSPS) is 13.6. The van der Waals surface area contributed by atoms with Crippen molar-refractivity contribution in [3.63, 3.8) is 0 Å². The maximum Gasteiger partial charge on any atom is 0.306 e. The van der Waals surface area contributed by atoms with Gasteiger partial charge in [-0.2, -0.15) is 0 Å². The molecule has 1 atom stereocenters. The number of rotatable bonds is 6. The molecule has 0 rings (SSSR count).